The number of carbonyl (C=O) groups excluding carboxylic acids is 3. The summed E-state index contributed by atoms with van der Waals surface area (Å²) in [5.74, 6) is 0.402. The minimum absolute atomic E-state index is 0.250. The van der Waals surface area contributed by atoms with Gasteiger partial charge < -0.3 is 15.8 Å². The van der Waals surface area contributed by atoms with Gasteiger partial charge in [-0.15, -0.1) is 0 Å². The number of hydrogen-bond acceptors (Lipinski definition) is 6. The Labute approximate surface area is 168 Å². The molecule has 0 saturated heterocycles. The number of anilines is 2. The van der Waals surface area contributed by atoms with Crippen molar-refractivity contribution in [2.75, 3.05) is 5.32 Å². The summed E-state index contributed by atoms with van der Waals surface area (Å²) in [4.78, 5) is 32.0. The number of aromatic nitrogens is 2. The third-order valence-corrected chi connectivity index (χ3v) is 4.89. The monoisotopic (exact) mass is 399 g/mol. The first-order chi connectivity index (χ1) is 13.9. The normalized spacial score (nSPS) is 20.1. The number of nitrogens with zero attached hydrogens (tertiary/aromatic N) is 1. The molecule has 2 atom stereocenters. The number of H-pyrrole nitrogens is 1. The highest BCUT2D eigenvalue weighted by atomic mass is 16.5. The molecule has 154 valence electrons. The minimum atomic E-state index is -0.362. The summed E-state index contributed by atoms with van der Waals surface area (Å²) < 4.78 is 5.91. The van der Waals surface area contributed by atoms with Crippen LogP contribution in [-0.2, 0) is 9.53 Å². The van der Waals surface area contributed by atoms with E-state index in [9.17, 15) is 9.59 Å². The van der Waals surface area contributed by atoms with Crippen molar-refractivity contribution in [1.82, 2.24) is 15.5 Å². The van der Waals surface area contributed by atoms with E-state index in [0.717, 1.165) is 30.6 Å². The summed E-state index contributed by atoms with van der Waals surface area (Å²) in [5.41, 5.74) is 6.78. The number of benzene rings is 1. The van der Waals surface area contributed by atoms with Gasteiger partial charge in [-0.25, -0.2) is 0 Å². The fourth-order valence-corrected chi connectivity index (χ4v) is 3.73. The molecule has 4 rings (SSSR count). The van der Waals surface area contributed by atoms with Gasteiger partial charge >= 0.3 is 0 Å². The first-order valence-corrected chi connectivity index (χ1v) is 9.54. The highest BCUT2D eigenvalue weighted by Gasteiger charge is 2.29. The van der Waals surface area contributed by atoms with Crippen molar-refractivity contribution >= 4 is 29.7 Å². The zero-order chi connectivity index (χ0) is 21.0. The lowest BCUT2D eigenvalue weighted by Gasteiger charge is -2.14. The molecule has 1 aromatic carbocycles. The molecule has 1 aliphatic heterocycles. The predicted octanol–water partition coefficient (Wildman–Crippen LogP) is 2.20. The quantitative estimate of drug-likeness (QED) is 0.449. The number of amides is 3. The van der Waals surface area contributed by atoms with Crippen LogP contribution in [0.5, 0.6) is 0 Å². The Balaban J connectivity index is 0.000000755. The van der Waals surface area contributed by atoms with E-state index in [0.29, 0.717) is 29.0 Å². The van der Waals surface area contributed by atoms with Crippen molar-refractivity contribution in [2.24, 2.45) is 5.73 Å². The van der Waals surface area contributed by atoms with Crippen LogP contribution in [0.3, 0.4) is 0 Å². The summed E-state index contributed by atoms with van der Waals surface area (Å²) in [6, 6.07) is 7.09. The van der Waals surface area contributed by atoms with Crippen LogP contribution in [0, 0.1) is 0 Å². The summed E-state index contributed by atoms with van der Waals surface area (Å²) in [6.45, 7) is 4.13. The van der Waals surface area contributed by atoms with Gasteiger partial charge in [0.15, 0.2) is 5.82 Å². The standard InChI is InChI=1S/C19H22N4O3.CH3NO/c1-10(2)26-13-5-3-11(7-13)16-9-17(23-22-16)20-12-4-6-14-15(8-12)19(25)21-18(14)24;2-1-3/h4,6,8-11,13H,3,5,7H2,1-2H3,(H2,20,22,23)(H,21,24,25);1H,(H2,2,3). The third kappa shape index (κ3) is 4.80. The average molecular weight is 399 g/mol. The molecule has 5 N–H and O–H groups in total. The second-order valence-electron chi connectivity index (χ2n) is 7.33. The molecule has 0 spiro atoms. The molecule has 1 saturated carbocycles. The molecule has 3 amide bonds. The first kappa shape index (κ1) is 20.5. The Morgan fingerprint density at radius 3 is 2.66 bits per heavy atom. The first-order valence-electron chi connectivity index (χ1n) is 9.54. The van der Waals surface area contributed by atoms with Gasteiger partial charge in [-0.1, -0.05) is 0 Å². The molecule has 2 aliphatic rings. The van der Waals surface area contributed by atoms with Crippen molar-refractivity contribution in [1.29, 1.82) is 0 Å². The van der Waals surface area contributed by atoms with Gasteiger partial charge in [-0.05, 0) is 51.3 Å². The van der Waals surface area contributed by atoms with Crippen LogP contribution in [0.1, 0.15) is 65.4 Å². The second-order valence-corrected chi connectivity index (χ2v) is 7.33. The molecule has 2 heterocycles. The fraction of sp³-hybridized carbons (Fsp3) is 0.400. The maximum atomic E-state index is 11.8. The number of aromatic amines is 1. The van der Waals surface area contributed by atoms with Crippen LogP contribution in [0.4, 0.5) is 11.5 Å². The number of primary amides is 1. The van der Waals surface area contributed by atoms with Crippen LogP contribution < -0.4 is 16.4 Å². The van der Waals surface area contributed by atoms with Crippen LogP contribution in [-0.4, -0.2) is 40.6 Å². The number of imide groups is 1. The van der Waals surface area contributed by atoms with Gasteiger partial charge in [-0.2, -0.15) is 5.10 Å². The van der Waals surface area contributed by atoms with Crippen molar-refractivity contribution < 1.29 is 19.1 Å². The van der Waals surface area contributed by atoms with Crippen LogP contribution >= 0.6 is 0 Å². The van der Waals surface area contributed by atoms with E-state index >= 15 is 0 Å². The van der Waals surface area contributed by atoms with Crippen LogP contribution in [0.25, 0.3) is 0 Å². The maximum absolute atomic E-state index is 11.8. The highest BCUT2D eigenvalue weighted by molar-refractivity contribution is 6.21. The zero-order valence-electron chi connectivity index (χ0n) is 16.4. The molecule has 2 aromatic rings. The number of nitrogens with two attached hydrogens (primary N) is 1. The molecule has 1 aromatic heterocycles. The van der Waals surface area contributed by atoms with Gasteiger partial charge in [-0.3, -0.25) is 24.8 Å². The fourth-order valence-electron chi connectivity index (χ4n) is 3.73. The van der Waals surface area contributed by atoms with Gasteiger partial charge in [0.25, 0.3) is 11.8 Å². The van der Waals surface area contributed by atoms with E-state index in [-0.39, 0.29) is 24.3 Å². The lowest BCUT2D eigenvalue weighted by atomic mass is 10.0. The largest absolute Gasteiger partial charge is 0.376 e. The Morgan fingerprint density at radius 2 is 1.93 bits per heavy atom. The highest BCUT2D eigenvalue weighted by Crippen LogP contribution is 2.36. The summed E-state index contributed by atoms with van der Waals surface area (Å²) in [7, 11) is 0. The van der Waals surface area contributed by atoms with Gasteiger partial charge in [0.2, 0.25) is 6.41 Å². The topological polar surface area (TPSA) is 139 Å². The van der Waals surface area contributed by atoms with Crippen molar-refractivity contribution in [3.63, 3.8) is 0 Å². The van der Waals surface area contributed by atoms with Crippen molar-refractivity contribution in [3.05, 3.63) is 41.1 Å². The molecule has 9 heteroatoms. The summed E-state index contributed by atoms with van der Waals surface area (Å²) in [5, 5.41) is 12.9. The number of carbonyl (C=O) groups is 3. The Hall–Kier alpha value is -3.20. The lowest BCUT2D eigenvalue weighted by molar-refractivity contribution is -0.106. The SMILES string of the molecule is CC(C)OC1CCC(c2cc(Nc3ccc4c(c3)C(=O)NC4=O)n[nH]2)C1.NC=O. The molecule has 0 radical (unpaired) electrons. The molecule has 9 nitrogen and oxygen atoms in total. The van der Waals surface area contributed by atoms with E-state index in [1.165, 1.54) is 0 Å². The van der Waals surface area contributed by atoms with Crippen LogP contribution in [0.15, 0.2) is 24.3 Å². The molecular weight excluding hydrogens is 374 g/mol. The number of nitrogens with one attached hydrogen (secondary N) is 3. The number of rotatable bonds is 5. The predicted molar refractivity (Wildman–Crippen MR) is 107 cm³/mol. The Bertz CT molecular complexity index is 908. The molecule has 1 fully saturated rings. The van der Waals surface area contributed by atoms with E-state index < -0.39 is 0 Å². The Morgan fingerprint density at radius 1 is 1.21 bits per heavy atom. The average Bonchev–Trinajstić information content (AvgIpc) is 3.36. The number of hydrogen-bond donors (Lipinski definition) is 4. The minimum Gasteiger partial charge on any atom is -0.376 e. The number of ether oxygens (including phenoxy) is 1. The molecular formula is C20H25N5O4. The van der Waals surface area contributed by atoms with E-state index in [1.54, 1.807) is 18.2 Å². The second kappa shape index (κ2) is 8.87. The maximum Gasteiger partial charge on any atom is 0.259 e. The Kier molecular flexibility index (Phi) is 6.28. The smallest absolute Gasteiger partial charge is 0.259 e. The third-order valence-electron chi connectivity index (χ3n) is 4.89. The van der Waals surface area contributed by atoms with E-state index in [2.05, 4.69) is 40.4 Å². The van der Waals surface area contributed by atoms with Gasteiger partial charge in [0, 0.05) is 23.4 Å². The lowest BCUT2D eigenvalue weighted by Crippen LogP contribution is -2.19. The number of fused-ring (bicyclic) bond motifs is 1. The van der Waals surface area contributed by atoms with E-state index in [1.807, 2.05) is 6.07 Å². The molecule has 1 aliphatic carbocycles. The van der Waals surface area contributed by atoms with Crippen molar-refractivity contribution in [2.45, 2.75) is 51.2 Å². The van der Waals surface area contributed by atoms with E-state index in [4.69, 9.17) is 9.53 Å². The summed E-state index contributed by atoms with van der Waals surface area (Å²) in [6.07, 6.45) is 3.97. The molecule has 2 unspecified atom stereocenters. The van der Waals surface area contributed by atoms with Gasteiger partial charge in [0.05, 0.1) is 23.3 Å². The van der Waals surface area contributed by atoms with Gasteiger partial charge in [0.1, 0.15) is 0 Å². The zero-order valence-corrected chi connectivity index (χ0v) is 16.4. The molecule has 29 heavy (non-hydrogen) atoms. The van der Waals surface area contributed by atoms with Crippen LogP contribution in [0.2, 0.25) is 0 Å². The summed E-state index contributed by atoms with van der Waals surface area (Å²) >= 11 is 0. The van der Waals surface area contributed by atoms with Crippen molar-refractivity contribution in [3.8, 4) is 0 Å². The molecule has 0 bridgehead atoms.